The lowest BCUT2D eigenvalue weighted by atomic mass is 9.95. The number of nitrogens with one attached hydrogen (secondary N) is 1. The highest BCUT2D eigenvalue weighted by molar-refractivity contribution is 5.91. The molecule has 0 radical (unpaired) electrons. The van der Waals surface area contributed by atoms with Gasteiger partial charge in [-0.05, 0) is 49.9 Å². The van der Waals surface area contributed by atoms with Crippen LogP contribution in [0.3, 0.4) is 0 Å². The molecular weight excluding hydrogens is 316 g/mol. The monoisotopic (exact) mass is 342 g/mol. The molecule has 2 N–H and O–H groups in total. The van der Waals surface area contributed by atoms with Gasteiger partial charge in [-0.1, -0.05) is 18.6 Å². The number of phenols is 1. The molecule has 1 saturated heterocycles. The fourth-order valence-corrected chi connectivity index (χ4v) is 3.49. The Bertz CT molecular complexity index is 713. The van der Waals surface area contributed by atoms with Gasteiger partial charge in [0.2, 0.25) is 5.91 Å². The first-order valence-electron chi connectivity index (χ1n) is 8.91. The zero-order valence-electron chi connectivity index (χ0n) is 14.7. The van der Waals surface area contributed by atoms with Crippen LogP contribution in [0, 0.1) is 0 Å². The Kier molecular flexibility index (Phi) is 5.71. The molecule has 1 fully saturated rings. The third kappa shape index (κ3) is 5.06. The van der Waals surface area contributed by atoms with Crippen LogP contribution >= 0.6 is 0 Å². The van der Waals surface area contributed by atoms with Crippen molar-refractivity contribution in [2.75, 3.05) is 18.4 Å². The molecule has 0 saturated carbocycles. The number of nitrogens with zero attached hydrogens (tertiary/aromatic N) is 3. The van der Waals surface area contributed by atoms with E-state index in [4.69, 9.17) is 0 Å². The molecule has 25 heavy (non-hydrogen) atoms. The number of carbonyl (C=O) groups is 1. The van der Waals surface area contributed by atoms with Gasteiger partial charge in [0.1, 0.15) is 5.75 Å². The maximum Gasteiger partial charge on any atom is 0.239 e. The quantitative estimate of drug-likeness (QED) is 0.846. The number of carbonyl (C=O) groups excluding carboxylic acids is 1. The Balaban J connectivity index is 1.54. The molecule has 1 aliphatic rings. The van der Waals surface area contributed by atoms with Crippen LogP contribution in [0.25, 0.3) is 0 Å². The number of anilines is 1. The number of phenolic OH excluding ortho intramolecular Hbond substituents is 1. The molecule has 2 heterocycles. The van der Waals surface area contributed by atoms with Crippen molar-refractivity contribution in [1.29, 1.82) is 0 Å². The van der Waals surface area contributed by atoms with E-state index in [1.165, 1.54) is 6.42 Å². The van der Waals surface area contributed by atoms with Crippen molar-refractivity contribution in [2.24, 2.45) is 7.05 Å². The fourth-order valence-electron chi connectivity index (χ4n) is 3.49. The Morgan fingerprint density at radius 2 is 2.24 bits per heavy atom. The first kappa shape index (κ1) is 17.5. The largest absolute Gasteiger partial charge is 0.508 e. The van der Waals surface area contributed by atoms with E-state index in [1.807, 2.05) is 31.4 Å². The summed E-state index contributed by atoms with van der Waals surface area (Å²) in [5.41, 5.74) is 1.14. The van der Waals surface area contributed by atoms with Crippen LogP contribution < -0.4 is 5.32 Å². The molecule has 1 aromatic carbocycles. The molecule has 1 amide bonds. The van der Waals surface area contributed by atoms with Gasteiger partial charge < -0.3 is 10.4 Å². The van der Waals surface area contributed by atoms with E-state index >= 15 is 0 Å². The Morgan fingerprint density at radius 3 is 3.00 bits per heavy atom. The second-order valence-electron chi connectivity index (χ2n) is 6.75. The molecule has 1 unspecified atom stereocenters. The zero-order valence-corrected chi connectivity index (χ0v) is 14.7. The lowest BCUT2D eigenvalue weighted by Crippen LogP contribution is -2.44. The molecule has 1 atom stereocenters. The van der Waals surface area contributed by atoms with Crippen molar-refractivity contribution in [3.05, 3.63) is 42.1 Å². The summed E-state index contributed by atoms with van der Waals surface area (Å²) in [7, 11) is 1.83. The highest BCUT2D eigenvalue weighted by atomic mass is 16.3. The van der Waals surface area contributed by atoms with Gasteiger partial charge in [0.25, 0.3) is 0 Å². The SMILES string of the molecule is Cn1ccc(NC(=O)CN2CCCCC2CCc2cccc(O)c2)n1. The Morgan fingerprint density at radius 1 is 1.36 bits per heavy atom. The zero-order chi connectivity index (χ0) is 17.6. The number of hydrogen-bond donors (Lipinski definition) is 2. The number of piperidine rings is 1. The summed E-state index contributed by atoms with van der Waals surface area (Å²) in [5.74, 6) is 0.900. The van der Waals surface area contributed by atoms with Crippen molar-refractivity contribution in [3.8, 4) is 5.75 Å². The van der Waals surface area contributed by atoms with E-state index in [-0.39, 0.29) is 5.91 Å². The molecule has 0 aliphatic carbocycles. The standard InChI is InChI=1S/C19H26N4O2/c1-22-12-10-18(21-22)20-19(25)14-23-11-3-2-6-16(23)9-8-15-5-4-7-17(24)13-15/h4-5,7,10,12-13,16,24H,2-3,6,8-9,11,14H2,1H3,(H,20,21,25). The Hall–Kier alpha value is -2.34. The summed E-state index contributed by atoms with van der Waals surface area (Å²) in [6.07, 6.45) is 7.20. The van der Waals surface area contributed by atoms with Gasteiger partial charge in [0, 0.05) is 25.4 Å². The minimum Gasteiger partial charge on any atom is -0.508 e. The minimum absolute atomic E-state index is 0.0112. The van der Waals surface area contributed by atoms with Gasteiger partial charge in [-0.15, -0.1) is 0 Å². The van der Waals surface area contributed by atoms with Crippen molar-refractivity contribution >= 4 is 11.7 Å². The molecule has 0 bridgehead atoms. The molecular formula is C19H26N4O2. The normalized spacial score (nSPS) is 18.2. The van der Waals surface area contributed by atoms with Gasteiger partial charge in [0.15, 0.2) is 5.82 Å². The van der Waals surface area contributed by atoms with Gasteiger partial charge in [-0.25, -0.2) is 0 Å². The molecule has 6 nitrogen and oxygen atoms in total. The maximum absolute atomic E-state index is 12.3. The van der Waals surface area contributed by atoms with Crippen molar-refractivity contribution < 1.29 is 9.90 Å². The van der Waals surface area contributed by atoms with Gasteiger partial charge in [-0.2, -0.15) is 5.10 Å². The molecule has 0 spiro atoms. The number of benzene rings is 1. The molecule has 1 aliphatic heterocycles. The molecule has 2 aromatic rings. The summed E-state index contributed by atoms with van der Waals surface area (Å²) in [6.45, 7) is 1.36. The first-order valence-corrected chi connectivity index (χ1v) is 8.91. The van der Waals surface area contributed by atoms with E-state index in [0.717, 1.165) is 37.8 Å². The summed E-state index contributed by atoms with van der Waals surface area (Å²) >= 11 is 0. The van der Waals surface area contributed by atoms with Crippen LogP contribution in [0.5, 0.6) is 5.75 Å². The summed E-state index contributed by atoms with van der Waals surface area (Å²) in [4.78, 5) is 14.6. The highest BCUT2D eigenvalue weighted by Gasteiger charge is 2.24. The predicted octanol–water partition coefficient (Wildman–Crippen LogP) is 2.55. The topological polar surface area (TPSA) is 70.4 Å². The van der Waals surface area contributed by atoms with Gasteiger partial charge in [-0.3, -0.25) is 14.4 Å². The number of amides is 1. The van der Waals surface area contributed by atoms with Crippen molar-refractivity contribution in [1.82, 2.24) is 14.7 Å². The van der Waals surface area contributed by atoms with Crippen LogP contribution in [0.4, 0.5) is 5.82 Å². The lowest BCUT2D eigenvalue weighted by molar-refractivity contribution is -0.118. The third-order valence-electron chi connectivity index (χ3n) is 4.75. The van der Waals surface area contributed by atoms with Crippen LogP contribution in [0.15, 0.2) is 36.5 Å². The average molecular weight is 342 g/mol. The second kappa shape index (κ2) is 8.16. The number of hydrogen-bond acceptors (Lipinski definition) is 4. The lowest BCUT2D eigenvalue weighted by Gasteiger charge is -2.35. The summed E-state index contributed by atoms with van der Waals surface area (Å²) < 4.78 is 1.68. The highest BCUT2D eigenvalue weighted by Crippen LogP contribution is 2.22. The van der Waals surface area contributed by atoms with Crippen LogP contribution in [0.2, 0.25) is 0 Å². The van der Waals surface area contributed by atoms with E-state index in [2.05, 4.69) is 15.3 Å². The van der Waals surface area contributed by atoms with Gasteiger partial charge in [0.05, 0.1) is 6.54 Å². The molecule has 6 heteroatoms. The number of aromatic hydroxyl groups is 1. The van der Waals surface area contributed by atoms with Crippen LogP contribution in [0.1, 0.15) is 31.2 Å². The van der Waals surface area contributed by atoms with Crippen molar-refractivity contribution in [3.63, 3.8) is 0 Å². The molecule has 1 aromatic heterocycles. The smallest absolute Gasteiger partial charge is 0.239 e. The van der Waals surface area contributed by atoms with Crippen molar-refractivity contribution in [2.45, 2.75) is 38.1 Å². The third-order valence-corrected chi connectivity index (χ3v) is 4.75. The molecule has 3 rings (SSSR count). The van der Waals surface area contributed by atoms with Gasteiger partial charge >= 0.3 is 0 Å². The summed E-state index contributed by atoms with van der Waals surface area (Å²) in [6, 6.07) is 9.64. The molecule has 134 valence electrons. The first-order chi connectivity index (χ1) is 12.1. The van der Waals surface area contributed by atoms with Crippen LogP contribution in [-0.2, 0) is 18.3 Å². The van der Waals surface area contributed by atoms with E-state index in [0.29, 0.717) is 24.2 Å². The minimum atomic E-state index is -0.0112. The number of rotatable bonds is 6. The average Bonchev–Trinajstić information content (AvgIpc) is 2.99. The maximum atomic E-state index is 12.3. The second-order valence-corrected chi connectivity index (χ2v) is 6.75. The number of likely N-dealkylation sites (tertiary alicyclic amines) is 1. The predicted molar refractivity (Wildman–Crippen MR) is 97.5 cm³/mol. The summed E-state index contributed by atoms with van der Waals surface area (Å²) in [5, 5.41) is 16.6. The van der Waals surface area contributed by atoms with E-state index < -0.39 is 0 Å². The Labute approximate surface area is 148 Å². The fraction of sp³-hybridized carbons (Fsp3) is 0.474. The van der Waals surface area contributed by atoms with Crippen LogP contribution in [-0.4, -0.2) is 44.8 Å². The van der Waals surface area contributed by atoms with E-state index in [1.54, 1.807) is 16.8 Å². The van der Waals surface area contributed by atoms with E-state index in [9.17, 15) is 9.90 Å². The number of aromatic nitrogens is 2. The number of aryl methyl sites for hydroxylation is 2.